The predicted molar refractivity (Wildman–Crippen MR) is 72.9 cm³/mol. The number of ether oxygens (including phenoxy) is 2. The average Bonchev–Trinajstić information content (AvgIpc) is 2.38. The molecule has 4 nitrogen and oxygen atoms in total. The third-order valence-electron chi connectivity index (χ3n) is 4.39. The molecule has 18 heavy (non-hydrogen) atoms. The lowest BCUT2D eigenvalue weighted by Gasteiger charge is -2.46. The van der Waals surface area contributed by atoms with Crippen molar-refractivity contribution >= 4 is 0 Å². The van der Waals surface area contributed by atoms with Crippen molar-refractivity contribution in [1.82, 2.24) is 10.2 Å². The largest absolute Gasteiger partial charge is 0.377 e. The molecule has 1 saturated carbocycles. The van der Waals surface area contributed by atoms with Crippen LogP contribution in [0, 0.1) is 0 Å². The van der Waals surface area contributed by atoms with Gasteiger partial charge >= 0.3 is 0 Å². The molecular formula is C14H28N2O2. The first-order chi connectivity index (χ1) is 8.78. The Bertz CT molecular complexity index is 242. The van der Waals surface area contributed by atoms with Crippen molar-refractivity contribution in [1.29, 1.82) is 0 Å². The van der Waals surface area contributed by atoms with E-state index < -0.39 is 0 Å². The molecule has 0 radical (unpaired) electrons. The van der Waals surface area contributed by atoms with Gasteiger partial charge in [0.2, 0.25) is 0 Å². The first-order valence-electron chi connectivity index (χ1n) is 7.41. The van der Waals surface area contributed by atoms with Gasteiger partial charge in [-0.15, -0.1) is 0 Å². The fourth-order valence-electron chi connectivity index (χ4n) is 3.16. The van der Waals surface area contributed by atoms with Gasteiger partial charge in [0.25, 0.3) is 0 Å². The van der Waals surface area contributed by atoms with Gasteiger partial charge in [-0.25, -0.2) is 0 Å². The minimum Gasteiger partial charge on any atom is -0.377 e. The van der Waals surface area contributed by atoms with Crippen LogP contribution in [0.15, 0.2) is 0 Å². The highest BCUT2D eigenvalue weighted by atomic mass is 16.5. The summed E-state index contributed by atoms with van der Waals surface area (Å²) in [4.78, 5) is 2.52. The Balaban J connectivity index is 1.71. The molecule has 1 saturated heterocycles. The van der Waals surface area contributed by atoms with Crippen LogP contribution in [-0.4, -0.2) is 62.5 Å². The highest BCUT2D eigenvalue weighted by Crippen LogP contribution is 2.28. The van der Waals surface area contributed by atoms with E-state index in [1.54, 1.807) is 7.11 Å². The Morgan fingerprint density at radius 3 is 2.50 bits per heavy atom. The molecule has 0 aromatic rings. The zero-order valence-electron chi connectivity index (χ0n) is 12.0. The van der Waals surface area contributed by atoms with Gasteiger partial charge in [-0.3, -0.25) is 0 Å². The Hall–Kier alpha value is -0.160. The normalized spacial score (nSPS) is 34.5. The van der Waals surface area contributed by atoms with Crippen molar-refractivity contribution in [3.8, 4) is 0 Å². The van der Waals surface area contributed by atoms with Crippen LogP contribution < -0.4 is 5.32 Å². The quantitative estimate of drug-likeness (QED) is 0.775. The number of hydrogen-bond donors (Lipinski definition) is 1. The molecule has 0 spiro atoms. The highest BCUT2D eigenvalue weighted by molar-refractivity contribution is 4.99. The van der Waals surface area contributed by atoms with E-state index in [0.29, 0.717) is 18.2 Å². The molecule has 2 aliphatic rings. The van der Waals surface area contributed by atoms with Crippen molar-refractivity contribution in [2.45, 2.75) is 57.4 Å². The predicted octanol–water partition coefficient (Wildman–Crippen LogP) is 1.25. The Kier molecular flexibility index (Phi) is 5.42. The van der Waals surface area contributed by atoms with Crippen LogP contribution in [0.4, 0.5) is 0 Å². The first kappa shape index (κ1) is 14.3. The van der Waals surface area contributed by atoms with Crippen molar-refractivity contribution in [2.24, 2.45) is 0 Å². The van der Waals surface area contributed by atoms with Crippen molar-refractivity contribution < 1.29 is 9.47 Å². The summed E-state index contributed by atoms with van der Waals surface area (Å²) in [5.41, 5.74) is 0. The minimum absolute atomic E-state index is 0.245. The van der Waals surface area contributed by atoms with Gasteiger partial charge < -0.3 is 19.7 Å². The molecule has 1 heterocycles. The van der Waals surface area contributed by atoms with Crippen LogP contribution in [0.2, 0.25) is 0 Å². The third-order valence-corrected chi connectivity index (χ3v) is 4.39. The van der Waals surface area contributed by atoms with Crippen LogP contribution >= 0.6 is 0 Å². The Labute approximate surface area is 111 Å². The number of nitrogens with zero attached hydrogens (tertiary/aromatic N) is 1. The van der Waals surface area contributed by atoms with Crippen LogP contribution in [-0.2, 0) is 9.47 Å². The number of methoxy groups -OCH3 is 1. The van der Waals surface area contributed by atoms with Crippen LogP contribution in [0.5, 0.6) is 0 Å². The number of rotatable bonds is 6. The molecule has 3 atom stereocenters. The van der Waals surface area contributed by atoms with Gasteiger partial charge in [0.15, 0.2) is 0 Å². The monoisotopic (exact) mass is 256 g/mol. The summed E-state index contributed by atoms with van der Waals surface area (Å²) in [7, 11) is 1.80. The molecule has 0 amide bonds. The molecule has 1 aliphatic heterocycles. The molecule has 3 unspecified atom stereocenters. The van der Waals surface area contributed by atoms with E-state index in [4.69, 9.17) is 9.47 Å². The molecule has 0 aromatic heterocycles. The zero-order valence-corrected chi connectivity index (χ0v) is 12.0. The fourth-order valence-corrected chi connectivity index (χ4v) is 3.16. The number of likely N-dealkylation sites (tertiary alicyclic amines) is 1. The van der Waals surface area contributed by atoms with E-state index in [2.05, 4.69) is 17.1 Å². The van der Waals surface area contributed by atoms with Crippen molar-refractivity contribution in [3.05, 3.63) is 0 Å². The highest BCUT2D eigenvalue weighted by Gasteiger charge is 2.42. The fraction of sp³-hybridized carbons (Fsp3) is 1.00. The van der Waals surface area contributed by atoms with Gasteiger partial charge in [-0.1, -0.05) is 6.92 Å². The summed E-state index contributed by atoms with van der Waals surface area (Å²) in [5, 5.41) is 3.76. The van der Waals surface area contributed by atoms with Gasteiger partial charge in [-0.05, 0) is 45.8 Å². The molecule has 1 aliphatic carbocycles. The van der Waals surface area contributed by atoms with E-state index in [1.165, 1.54) is 32.5 Å². The molecule has 2 rings (SSSR count). The number of piperidine rings is 1. The van der Waals surface area contributed by atoms with Crippen LogP contribution in [0.1, 0.15) is 33.1 Å². The zero-order chi connectivity index (χ0) is 13.0. The summed E-state index contributed by atoms with van der Waals surface area (Å²) >= 11 is 0. The molecule has 0 bridgehead atoms. The van der Waals surface area contributed by atoms with E-state index in [0.717, 1.165) is 13.0 Å². The second-order valence-electron chi connectivity index (χ2n) is 5.41. The second-order valence-corrected chi connectivity index (χ2v) is 5.41. The van der Waals surface area contributed by atoms with Gasteiger partial charge in [0, 0.05) is 25.8 Å². The Morgan fingerprint density at radius 1 is 1.22 bits per heavy atom. The standard InChI is InChI=1S/C14H28N2O2/c1-4-16-8-6-11(7-9-16)15-12-10-13(18-5-2)14(12)17-3/h11-15H,4-10H2,1-3H3. The van der Waals surface area contributed by atoms with Gasteiger partial charge in [-0.2, -0.15) is 0 Å². The van der Waals surface area contributed by atoms with Crippen molar-refractivity contribution in [3.63, 3.8) is 0 Å². The van der Waals surface area contributed by atoms with E-state index in [1.807, 2.05) is 6.92 Å². The maximum Gasteiger partial charge on any atom is 0.0986 e. The van der Waals surface area contributed by atoms with Gasteiger partial charge in [0.1, 0.15) is 0 Å². The summed E-state index contributed by atoms with van der Waals surface area (Å²) in [6, 6.07) is 1.16. The topological polar surface area (TPSA) is 33.7 Å². The van der Waals surface area contributed by atoms with Crippen LogP contribution in [0.25, 0.3) is 0 Å². The van der Waals surface area contributed by atoms with Crippen molar-refractivity contribution in [2.75, 3.05) is 33.4 Å². The SMILES string of the molecule is CCOC1CC(NC2CCN(CC)CC2)C1OC. The molecule has 2 fully saturated rings. The molecule has 1 N–H and O–H groups in total. The van der Waals surface area contributed by atoms with E-state index in [9.17, 15) is 0 Å². The average molecular weight is 256 g/mol. The van der Waals surface area contributed by atoms with Gasteiger partial charge in [0.05, 0.1) is 12.2 Å². The maximum absolute atomic E-state index is 5.66. The summed E-state index contributed by atoms with van der Waals surface area (Å²) in [6.45, 7) is 8.72. The maximum atomic E-state index is 5.66. The van der Waals surface area contributed by atoms with E-state index in [-0.39, 0.29) is 6.10 Å². The lowest BCUT2D eigenvalue weighted by atomic mass is 9.84. The molecule has 0 aromatic carbocycles. The van der Waals surface area contributed by atoms with E-state index >= 15 is 0 Å². The summed E-state index contributed by atoms with van der Waals surface area (Å²) < 4.78 is 11.2. The number of hydrogen-bond acceptors (Lipinski definition) is 4. The lowest BCUT2D eigenvalue weighted by molar-refractivity contribution is -0.133. The molecule has 106 valence electrons. The second kappa shape index (κ2) is 6.85. The summed E-state index contributed by atoms with van der Waals surface area (Å²) in [5.74, 6) is 0. The smallest absolute Gasteiger partial charge is 0.0986 e. The van der Waals surface area contributed by atoms with Crippen LogP contribution in [0.3, 0.4) is 0 Å². The minimum atomic E-state index is 0.245. The summed E-state index contributed by atoms with van der Waals surface area (Å²) in [6.07, 6.45) is 4.17. The number of nitrogens with one attached hydrogen (secondary N) is 1. The Morgan fingerprint density at radius 2 is 1.94 bits per heavy atom. The molecular weight excluding hydrogens is 228 g/mol. The third kappa shape index (κ3) is 3.23. The molecule has 4 heteroatoms. The first-order valence-corrected chi connectivity index (χ1v) is 7.41. The lowest BCUT2D eigenvalue weighted by Crippen LogP contribution is -2.62.